The molecule has 3 rings (SSSR count). The Morgan fingerprint density at radius 3 is 3.00 bits per heavy atom. The van der Waals surface area contributed by atoms with Crippen molar-refractivity contribution in [3.63, 3.8) is 0 Å². The third-order valence-corrected chi connectivity index (χ3v) is 5.16. The fourth-order valence-corrected chi connectivity index (χ4v) is 3.82. The molecule has 0 aliphatic carbocycles. The van der Waals surface area contributed by atoms with E-state index in [9.17, 15) is 0 Å². The minimum Gasteiger partial charge on any atom is -0.497 e. The van der Waals surface area contributed by atoms with Gasteiger partial charge in [0, 0.05) is 42.9 Å². The Morgan fingerprint density at radius 2 is 2.22 bits per heavy atom. The van der Waals surface area contributed by atoms with Crippen molar-refractivity contribution in [3.05, 3.63) is 30.0 Å². The molecule has 2 atom stereocenters. The molecule has 1 aromatic carbocycles. The van der Waals surface area contributed by atoms with Gasteiger partial charge in [0.2, 0.25) is 0 Å². The summed E-state index contributed by atoms with van der Waals surface area (Å²) < 4.78 is 10.6. The van der Waals surface area contributed by atoms with Crippen molar-refractivity contribution in [2.24, 2.45) is 0 Å². The van der Waals surface area contributed by atoms with Gasteiger partial charge in [0.25, 0.3) is 0 Å². The van der Waals surface area contributed by atoms with Crippen molar-refractivity contribution in [3.8, 4) is 5.75 Å². The van der Waals surface area contributed by atoms with E-state index in [1.807, 2.05) is 6.07 Å². The summed E-state index contributed by atoms with van der Waals surface area (Å²) in [5, 5.41) is 1.29. The summed E-state index contributed by atoms with van der Waals surface area (Å²) in [4.78, 5) is 6.06. The predicted octanol–water partition coefficient (Wildman–Crippen LogP) is 3.61. The maximum absolute atomic E-state index is 5.38. The molecular formula is C19H28N2O2. The smallest absolute Gasteiger partial charge is 0.119 e. The Balaban J connectivity index is 1.75. The van der Waals surface area contributed by atoms with Crippen molar-refractivity contribution < 1.29 is 9.47 Å². The lowest BCUT2D eigenvalue weighted by atomic mass is 10.0. The first-order chi connectivity index (χ1) is 11.2. The van der Waals surface area contributed by atoms with Crippen LogP contribution < -0.4 is 4.74 Å². The maximum Gasteiger partial charge on any atom is 0.119 e. The van der Waals surface area contributed by atoms with Crippen LogP contribution in [0.5, 0.6) is 5.75 Å². The molecule has 4 nitrogen and oxygen atoms in total. The van der Waals surface area contributed by atoms with Crippen LogP contribution in [0.2, 0.25) is 0 Å². The maximum atomic E-state index is 5.38. The third-order valence-electron chi connectivity index (χ3n) is 5.16. The van der Waals surface area contributed by atoms with Crippen molar-refractivity contribution in [2.75, 3.05) is 27.4 Å². The Kier molecular flexibility index (Phi) is 5.23. The van der Waals surface area contributed by atoms with Gasteiger partial charge >= 0.3 is 0 Å². The van der Waals surface area contributed by atoms with Gasteiger partial charge in [-0.25, -0.2) is 0 Å². The summed E-state index contributed by atoms with van der Waals surface area (Å²) in [5.41, 5.74) is 2.59. The number of hydrogen-bond acceptors (Lipinski definition) is 3. The Morgan fingerprint density at radius 1 is 1.35 bits per heavy atom. The van der Waals surface area contributed by atoms with E-state index < -0.39 is 0 Å². The van der Waals surface area contributed by atoms with E-state index in [-0.39, 0.29) is 0 Å². The fourth-order valence-electron chi connectivity index (χ4n) is 3.82. The number of methoxy groups -OCH3 is 2. The van der Waals surface area contributed by atoms with Crippen LogP contribution in [0.3, 0.4) is 0 Å². The first-order valence-corrected chi connectivity index (χ1v) is 8.61. The molecule has 0 saturated carbocycles. The normalized spacial score (nSPS) is 20.2. The van der Waals surface area contributed by atoms with Crippen LogP contribution in [-0.4, -0.2) is 49.3 Å². The summed E-state index contributed by atoms with van der Waals surface area (Å²) in [6.45, 7) is 4.38. The standard InChI is InChI=1S/C19H28N2O2/c1-14(8-10-22-2)21-9-4-5-16(21)11-15-13-20-19-7-6-17(23-3)12-18(15)19/h6-7,12-14,16,20H,4-5,8-11H2,1-3H3/t14-,16+/m0/s1. The lowest BCUT2D eigenvalue weighted by Gasteiger charge is -2.30. The highest BCUT2D eigenvalue weighted by Crippen LogP contribution is 2.29. The van der Waals surface area contributed by atoms with Gasteiger partial charge in [-0.15, -0.1) is 0 Å². The fraction of sp³-hybridized carbons (Fsp3) is 0.579. The molecule has 2 heterocycles. The van der Waals surface area contributed by atoms with Gasteiger partial charge in [0.05, 0.1) is 7.11 Å². The highest BCUT2D eigenvalue weighted by molar-refractivity contribution is 5.84. The summed E-state index contributed by atoms with van der Waals surface area (Å²) in [7, 11) is 3.51. The van der Waals surface area contributed by atoms with Gasteiger partial charge in [-0.1, -0.05) is 0 Å². The lowest BCUT2D eigenvalue weighted by molar-refractivity contribution is 0.130. The van der Waals surface area contributed by atoms with Crippen molar-refractivity contribution in [1.29, 1.82) is 0 Å². The number of benzene rings is 1. The number of aromatic amines is 1. The van der Waals surface area contributed by atoms with Crippen LogP contribution in [0, 0.1) is 0 Å². The summed E-state index contributed by atoms with van der Waals surface area (Å²) in [5.74, 6) is 0.926. The number of ether oxygens (including phenoxy) is 2. The monoisotopic (exact) mass is 316 g/mol. The molecule has 1 aliphatic heterocycles. The molecule has 126 valence electrons. The van der Waals surface area contributed by atoms with Crippen LogP contribution in [0.25, 0.3) is 10.9 Å². The quantitative estimate of drug-likeness (QED) is 0.848. The molecular weight excluding hydrogens is 288 g/mol. The molecule has 0 unspecified atom stereocenters. The topological polar surface area (TPSA) is 37.5 Å². The van der Waals surface area contributed by atoms with Crippen molar-refractivity contribution in [1.82, 2.24) is 9.88 Å². The zero-order chi connectivity index (χ0) is 16.2. The van der Waals surface area contributed by atoms with Gasteiger partial charge in [-0.05, 0) is 62.9 Å². The Labute approximate surface area is 138 Å². The van der Waals surface area contributed by atoms with Crippen LogP contribution >= 0.6 is 0 Å². The van der Waals surface area contributed by atoms with Crippen molar-refractivity contribution in [2.45, 2.75) is 44.7 Å². The van der Waals surface area contributed by atoms with Gasteiger partial charge in [-0.3, -0.25) is 4.90 Å². The molecule has 4 heteroatoms. The molecule has 0 amide bonds. The third kappa shape index (κ3) is 3.54. The Hall–Kier alpha value is -1.52. The van der Waals surface area contributed by atoms with Gasteiger partial charge in [0.1, 0.15) is 5.75 Å². The lowest BCUT2D eigenvalue weighted by Crippen LogP contribution is -2.39. The SMILES string of the molecule is COCC[C@H](C)N1CCC[C@@H]1Cc1c[nH]c2ccc(OC)cc12. The van der Waals surface area contributed by atoms with E-state index in [2.05, 4.69) is 35.1 Å². The molecule has 1 saturated heterocycles. The molecule has 1 aromatic heterocycles. The number of aromatic nitrogens is 1. The predicted molar refractivity (Wildman–Crippen MR) is 94.2 cm³/mol. The second-order valence-corrected chi connectivity index (χ2v) is 6.59. The number of likely N-dealkylation sites (tertiary alicyclic amines) is 1. The average Bonchev–Trinajstić information content (AvgIpc) is 3.20. The van der Waals surface area contributed by atoms with E-state index in [4.69, 9.17) is 9.47 Å². The van der Waals surface area contributed by atoms with Gasteiger partial charge in [-0.2, -0.15) is 0 Å². The first kappa shape index (κ1) is 16.3. The molecule has 1 fully saturated rings. The minimum absolute atomic E-state index is 0.585. The number of H-pyrrole nitrogens is 1. The first-order valence-electron chi connectivity index (χ1n) is 8.61. The largest absolute Gasteiger partial charge is 0.497 e. The highest BCUT2D eigenvalue weighted by Gasteiger charge is 2.28. The molecule has 1 N–H and O–H groups in total. The highest BCUT2D eigenvalue weighted by atomic mass is 16.5. The van der Waals surface area contributed by atoms with Gasteiger partial charge < -0.3 is 14.5 Å². The zero-order valence-electron chi connectivity index (χ0n) is 14.5. The summed E-state index contributed by atoms with van der Waals surface area (Å²) >= 11 is 0. The van der Waals surface area contributed by atoms with Crippen LogP contribution in [0.15, 0.2) is 24.4 Å². The van der Waals surface area contributed by atoms with E-state index in [1.165, 1.54) is 35.9 Å². The van der Waals surface area contributed by atoms with E-state index in [0.717, 1.165) is 25.2 Å². The van der Waals surface area contributed by atoms with E-state index in [1.54, 1.807) is 14.2 Å². The molecule has 23 heavy (non-hydrogen) atoms. The summed E-state index contributed by atoms with van der Waals surface area (Å²) in [6, 6.07) is 7.48. The number of hydrogen-bond donors (Lipinski definition) is 1. The van der Waals surface area contributed by atoms with Crippen LogP contribution in [0.4, 0.5) is 0 Å². The average molecular weight is 316 g/mol. The molecule has 0 spiro atoms. The number of nitrogens with one attached hydrogen (secondary N) is 1. The second-order valence-electron chi connectivity index (χ2n) is 6.59. The van der Waals surface area contributed by atoms with E-state index >= 15 is 0 Å². The number of nitrogens with zero attached hydrogens (tertiary/aromatic N) is 1. The number of fused-ring (bicyclic) bond motifs is 1. The zero-order valence-corrected chi connectivity index (χ0v) is 14.5. The van der Waals surface area contributed by atoms with Crippen molar-refractivity contribution >= 4 is 10.9 Å². The van der Waals surface area contributed by atoms with E-state index in [0.29, 0.717) is 12.1 Å². The number of rotatable bonds is 7. The minimum atomic E-state index is 0.585. The molecule has 2 aromatic rings. The molecule has 0 bridgehead atoms. The molecule has 1 aliphatic rings. The van der Waals surface area contributed by atoms with Gasteiger partial charge in [0.15, 0.2) is 0 Å². The Bertz CT molecular complexity index is 637. The molecule has 0 radical (unpaired) electrons. The van der Waals surface area contributed by atoms with Crippen LogP contribution in [0.1, 0.15) is 31.7 Å². The van der Waals surface area contributed by atoms with Crippen LogP contribution in [-0.2, 0) is 11.2 Å². The summed E-state index contributed by atoms with van der Waals surface area (Å²) in [6.07, 6.45) is 6.96. The second kappa shape index (κ2) is 7.37.